The first-order valence-electron chi connectivity index (χ1n) is 7.44. The number of allylic oxidation sites excluding steroid dienone is 1. The highest BCUT2D eigenvalue weighted by Crippen LogP contribution is 2.53. The third-order valence-corrected chi connectivity index (χ3v) is 5.56. The third kappa shape index (κ3) is 3.23. The number of aliphatic carboxylic acids is 1. The van der Waals surface area contributed by atoms with Crippen LogP contribution in [0.4, 0.5) is 0 Å². The highest BCUT2D eigenvalue weighted by Gasteiger charge is 2.50. The average Bonchev–Trinajstić information content (AvgIpc) is 2.42. The number of halogens is 1. The van der Waals surface area contributed by atoms with E-state index in [1.165, 1.54) is 5.56 Å². The molecule has 2 unspecified atom stereocenters. The highest BCUT2D eigenvalue weighted by atomic mass is 79.9. The number of hydrogen-bond donors (Lipinski definition) is 1. The summed E-state index contributed by atoms with van der Waals surface area (Å²) in [5.74, 6) is -0.0779. The van der Waals surface area contributed by atoms with Gasteiger partial charge in [0.15, 0.2) is 0 Å². The fourth-order valence-corrected chi connectivity index (χ4v) is 3.54. The molecule has 1 aromatic rings. The van der Waals surface area contributed by atoms with Crippen LogP contribution >= 0.6 is 15.9 Å². The molecule has 0 aliphatic heterocycles. The molecule has 0 amide bonds. The second kappa shape index (κ2) is 5.96. The number of carboxylic acid groups (broad SMARTS) is 1. The van der Waals surface area contributed by atoms with Gasteiger partial charge < -0.3 is 5.11 Å². The minimum atomic E-state index is -0.679. The van der Waals surface area contributed by atoms with Crippen molar-refractivity contribution >= 4 is 26.4 Å². The molecule has 1 aromatic carbocycles. The van der Waals surface area contributed by atoms with E-state index in [0.29, 0.717) is 11.8 Å². The van der Waals surface area contributed by atoms with E-state index < -0.39 is 5.97 Å². The van der Waals surface area contributed by atoms with E-state index in [4.69, 9.17) is 0 Å². The smallest absolute Gasteiger partial charge is 0.307 e. The molecular weight excluding hydrogens is 328 g/mol. The molecule has 0 spiro atoms. The van der Waals surface area contributed by atoms with E-state index in [1.807, 2.05) is 13.8 Å². The van der Waals surface area contributed by atoms with Crippen LogP contribution < -0.4 is 0 Å². The maximum atomic E-state index is 11.2. The quantitative estimate of drug-likeness (QED) is 0.800. The summed E-state index contributed by atoms with van der Waals surface area (Å²) in [4.78, 5) is 11.2. The van der Waals surface area contributed by atoms with Crippen LogP contribution in [0.1, 0.15) is 51.2 Å². The molecule has 0 saturated heterocycles. The molecule has 21 heavy (non-hydrogen) atoms. The minimum Gasteiger partial charge on any atom is -0.481 e. The zero-order chi connectivity index (χ0) is 15.8. The molecule has 2 nitrogen and oxygen atoms in total. The van der Waals surface area contributed by atoms with Crippen LogP contribution in [0.5, 0.6) is 0 Å². The van der Waals surface area contributed by atoms with Gasteiger partial charge in [-0.2, -0.15) is 0 Å². The monoisotopic (exact) mass is 350 g/mol. The van der Waals surface area contributed by atoms with Gasteiger partial charge in [0, 0.05) is 4.48 Å². The van der Waals surface area contributed by atoms with Crippen molar-refractivity contribution in [2.45, 2.75) is 40.0 Å². The van der Waals surface area contributed by atoms with Crippen LogP contribution in [-0.2, 0) is 4.79 Å². The summed E-state index contributed by atoms with van der Waals surface area (Å²) in [6.07, 6.45) is 2.89. The molecule has 0 bridgehead atoms. The van der Waals surface area contributed by atoms with E-state index in [1.54, 1.807) is 0 Å². The SMILES string of the molecule is CC(C)c1ccc(C(Br)=CC2CC(C(=O)O)C2(C)C)cc1. The van der Waals surface area contributed by atoms with Gasteiger partial charge in [-0.1, -0.05) is 74.0 Å². The molecule has 1 aliphatic carbocycles. The number of benzene rings is 1. The number of hydrogen-bond acceptors (Lipinski definition) is 1. The lowest BCUT2D eigenvalue weighted by Gasteiger charge is -2.48. The maximum absolute atomic E-state index is 11.2. The molecular formula is C18H23BrO2. The van der Waals surface area contributed by atoms with Gasteiger partial charge in [-0.15, -0.1) is 0 Å². The van der Waals surface area contributed by atoms with Crippen molar-refractivity contribution in [3.05, 3.63) is 41.5 Å². The standard InChI is InChI=1S/C18H23BrO2/c1-11(2)12-5-7-13(8-6-12)16(19)10-14-9-15(17(20)21)18(14,3)4/h5-8,10-11,14-15H,9H2,1-4H3,(H,20,21). The van der Waals surface area contributed by atoms with Gasteiger partial charge in [0.1, 0.15) is 0 Å². The first kappa shape index (κ1) is 16.3. The Bertz CT molecular complexity index is 555. The van der Waals surface area contributed by atoms with Gasteiger partial charge in [0.25, 0.3) is 0 Å². The lowest BCUT2D eigenvalue weighted by Crippen LogP contribution is -2.47. The van der Waals surface area contributed by atoms with Gasteiger partial charge >= 0.3 is 5.97 Å². The van der Waals surface area contributed by atoms with E-state index >= 15 is 0 Å². The predicted molar refractivity (Wildman–Crippen MR) is 90.4 cm³/mol. The Kier molecular flexibility index (Phi) is 4.62. The molecule has 1 saturated carbocycles. The van der Waals surface area contributed by atoms with Crippen LogP contribution in [-0.4, -0.2) is 11.1 Å². The van der Waals surface area contributed by atoms with Crippen molar-refractivity contribution in [2.75, 3.05) is 0 Å². The Morgan fingerprint density at radius 3 is 2.33 bits per heavy atom. The molecule has 0 radical (unpaired) electrons. The van der Waals surface area contributed by atoms with Gasteiger partial charge in [0.2, 0.25) is 0 Å². The van der Waals surface area contributed by atoms with Gasteiger partial charge in [0.05, 0.1) is 5.92 Å². The van der Waals surface area contributed by atoms with Gasteiger partial charge in [-0.3, -0.25) is 4.79 Å². The molecule has 0 aromatic heterocycles. The first-order valence-corrected chi connectivity index (χ1v) is 8.23. The Labute approximate surface area is 135 Å². The Balaban J connectivity index is 2.13. The lowest BCUT2D eigenvalue weighted by atomic mass is 9.54. The van der Waals surface area contributed by atoms with Crippen molar-refractivity contribution in [2.24, 2.45) is 17.3 Å². The van der Waals surface area contributed by atoms with Crippen molar-refractivity contribution in [1.29, 1.82) is 0 Å². The lowest BCUT2D eigenvalue weighted by molar-refractivity contribution is -0.156. The molecule has 2 atom stereocenters. The van der Waals surface area contributed by atoms with Crippen molar-refractivity contribution in [3.8, 4) is 0 Å². The molecule has 1 N–H and O–H groups in total. The molecule has 0 heterocycles. The average molecular weight is 351 g/mol. The van der Waals surface area contributed by atoms with Gasteiger partial charge in [-0.25, -0.2) is 0 Å². The molecule has 1 fully saturated rings. The van der Waals surface area contributed by atoms with Crippen LogP contribution in [0, 0.1) is 17.3 Å². The predicted octanol–water partition coefficient (Wildman–Crippen LogP) is 5.29. The van der Waals surface area contributed by atoms with Crippen LogP contribution in [0.3, 0.4) is 0 Å². The summed E-state index contributed by atoms with van der Waals surface area (Å²) >= 11 is 3.65. The maximum Gasteiger partial charge on any atom is 0.307 e. The summed E-state index contributed by atoms with van der Waals surface area (Å²) in [7, 11) is 0. The van der Waals surface area contributed by atoms with Gasteiger partial charge in [-0.05, 0) is 34.8 Å². The number of rotatable bonds is 4. The van der Waals surface area contributed by atoms with Crippen molar-refractivity contribution < 1.29 is 9.90 Å². The third-order valence-electron chi connectivity index (χ3n) is 4.84. The summed E-state index contributed by atoms with van der Waals surface area (Å²) in [6.45, 7) is 8.45. The Morgan fingerprint density at radius 1 is 1.33 bits per heavy atom. The fourth-order valence-electron chi connectivity index (χ4n) is 2.96. The summed E-state index contributed by atoms with van der Waals surface area (Å²) < 4.78 is 1.06. The summed E-state index contributed by atoms with van der Waals surface area (Å²) in [5.41, 5.74) is 2.30. The normalized spacial score (nSPS) is 24.8. The van der Waals surface area contributed by atoms with E-state index in [0.717, 1.165) is 16.5 Å². The summed E-state index contributed by atoms with van der Waals surface area (Å²) in [5, 5.41) is 9.19. The zero-order valence-corrected chi connectivity index (χ0v) is 14.6. The zero-order valence-electron chi connectivity index (χ0n) is 13.1. The summed E-state index contributed by atoms with van der Waals surface area (Å²) in [6, 6.07) is 8.55. The van der Waals surface area contributed by atoms with Crippen molar-refractivity contribution in [1.82, 2.24) is 0 Å². The molecule has 114 valence electrons. The second-order valence-corrected chi connectivity index (χ2v) is 7.70. The number of carboxylic acids is 1. The van der Waals surface area contributed by atoms with Crippen LogP contribution in [0.2, 0.25) is 0 Å². The molecule has 1 aliphatic rings. The first-order chi connectivity index (χ1) is 9.73. The van der Waals surface area contributed by atoms with Crippen molar-refractivity contribution in [3.63, 3.8) is 0 Å². The Hall–Kier alpha value is -1.09. The van der Waals surface area contributed by atoms with Crippen LogP contribution in [0.15, 0.2) is 30.3 Å². The second-order valence-electron chi connectivity index (χ2n) is 6.85. The Morgan fingerprint density at radius 2 is 1.90 bits per heavy atom. The topological polar surface area (TPSA) is 37.3 Å². The largest absolute Gasteiger partial charge is 0.481 e. The number of carbonyl (C=O) groups is 1. The highest BCUT2D eigenvalue weighted by molar-refractivity contribution is 9.15. The fraction of sp³-hybridized carbons (Fsp3) is 0.500. The van der Waals surface area contributed by atoms with E-state index in [2.05, 4.69) is 60.1 Å². The van der Waals surface area contributed by atoms with E-state index in [9.17, 15) is 9.90 Å². The molecule has 2 rings (SSSR count). The molecule has 3 heteroatoms. The minimum absolute atomic E-state index is 0.178. The van der Waals surface area contributed by atoms with Crippen LogP contribution in [0.25, 0.3) is 4.48 Å². The van der Waals surface area contributed by atoms with E-state index in [-0.39, 0.29) is 11.3 Å².